The van der Waals surface area contributed by atoms with Crippen molar-refractivity contribution in [2.75, 3.05) is 6.54 Å². The number of guanidine groups is 1. The third-order valence-corrected chi connectivity index (χ3v) is 6.98. The lowest BCUT2D eigenvalue weighted by atomic mass is 10.0. The molecule has 2 aromatic rings. The second-order valence-electron chi connectivity index (χ2n) is 10.8. The van der Waals surface area contributed by atoms with Gasteiger partial charge in [-0.15, -0.1) is 0 Å². The number of hydrogen-bond acceptors (Lipinski definition) is 6. The molecule has 0 heterocycles. The lowest BCUT2D eigenvalue weighted by molar-refractivity contribution is -0.134. The van der Waals surface area contributed by atoms with Gasteiger partial charge in [-0.05, 0) is 30.4 Å². The summed E-state index contributed by atoms with van der Waals surface area (Å²) in [7, 11) is 0. The van der Waals surface area contributed by atoms with Gasteiger partial charge in [-0.3, -0.25) is 29.0 Å². The Kier molecular flexibility index (Phi) is 15.6. The van der Waals surface area contributed by atoms with Crippen LogP contribution in [0.3, 0.4) is 0 Å². The Labute approximate surface area is 264 Å². The van der Waals surface area contributed by atoms with Crippen LogP contribution in [0.1, 0.15) is 57.1 Å². The number of nitrogens with zero attached hydrogens (tertiary/aromatic N) is 1. The van der Waals surface area contributed by atoms with E-state index in [9.17, 15) is 24.0 Å². The molecule has 0 bridgehead atoms. The molecule has 10 N–H and O–H groups in total. The SMILES string of the molecule is CCCC[C@H](NC(=O)[C@H](Cc1ccccc1)NC(C)=O)C(=O)N[C@H](CCCN=C(N)N)C(=O)N[C@H](Cc1ccccc1)C(N)=O. The number of unbranched alkanes of at least 4 members (excludes halogenated alkanes) is 1. The molecule has 0 spiro atoms. The zero-order valence-electron chi connectivity index (χ0n) is 26.0. The number of carbonyl (C=O) groups is 5. The van der Waals surface area contributed by atoms with Crippen molar-refractivity contribution in [2.45, 2.75) is 83.0 Å². The molecule has 0 unspecified atom stereocenters. The van der Waals surface area contributed by atoms with Crippen LogP contribution in [0.25, 0.3) is 0 Å². The maximum atomic E-state index is 13.6. The number of nitrogens with two attached hydrogens (primary N) is 3. The highest BCUT2D eigenvalue weighted by Gasteiger charge is 2.30. The van der Waals surface area contributed by atoms with E-state index in [0.29, 0.717) is 19.3 Å². The van der Waals surface area contributed by atoms with E-state index < -0.39 is 53.7 Å². The third-order valence-electron chi connectivity index (χ3n) is 6.98. The number of primary amides is 1. The molecule has 0 aliphatic heterocycles. The summed E-state index contributed by atoms with van der Waals surface area (Å²) in [6, 6.07) is 14.2. The lowest BCUT2D eigenvalue weighted by Gasteiger charge is -2.26. The van der Waals surface area contributed by atoms with E-state index in [4.69, 9.17) is 17.2 Å². The van der Waals surface area contributed by atoms with Crippen molar-refractivity contribution in [1.82, 2.24) is 21.3 Å². The van der Waals surface area contributed by atoms with E-state index in [0.717, 1.165) is 17.5 Å². The first-order valence-electron chi connectivity index (χ1n) is 15.1. The molecule has 2 aromatic carbocycles. The molecule has 5 amide bonds. The van der Waals surface area contributed by atoms with Crippen LogP contribution >= 0.6 is 0 Å². The Morgan fingerprint density at radius 3 is 1.53 bits per heavy atom. The summed E-state index contributed by atoms with van der Waals surface area (Å²) >= 11 is 0. The molecule has 0 aromatic heterocycles. The minimum absolute atomic E-state index is 0.108. The fraction of sp³-hybridized carbons (Fsp3) is 0.438. The van der Waals surface area contributed by atoms with Gasteiger partial charge in [0.2, 0.25) is 29.5 Å². The summed E-state index contributed by atoms with van der Waals surface area (Å²) in [5.74, 6) is -2.96. The highest BCUT2D eigenvalue weighted by molar-refractivity contribution is 5.95. The molecule has 4 atom stereocenters. The van der Waals surface area contributed by atoms with Crippen LogP contribution in [0.15, 0.2) is 65.7 Å². The van der Waals surface area contributed by atoms with Crippen molar-refractivity contribution in [3.05, 3.63) is 71.8 Å². The molecule has 13 nitrogen and oxygen atoms in total. The summed E-state index contributed by atoms with van der Waals surface area (Å²) in [5, 5.41) is 10.8. The zero-order chi connectivity index (χ0) is 33.2. The quantitative estimate of drug-likeness (QED) is 0.0652. The number of rotatable bonds is 19. The Balaban J connectivity index is 2.23. The normalized spacial score (nSPS) is 13.3. The molecule has 0 aliphatic carbocycles. The molecule has 0 fully saturated rings. The van der Waals surface area contributed by atoms with Crippen LogP contribution in [-0.2, 0) is 36.8 Å². The zero-order valence-corrected chi connectivity index (χ0v) is 26.0. The second kappa shape index (κ2) is 19.4. The molecule has 0 aliphatic rings. The minimum atomic E-state index is -1.08. The van der Waals surface area contributed by atoms with Gasteiger partial charge in [0, 0.05) is 26.3 Å². The van der Waals surface area contributed by atoms with Crippen LogP contribution in [0, 0.1) is 0 Å². The fourth-order valence-electron chi connectivity index (χ4n) is 4.64. The molecule has 0 radical (unpaired) electrons. The molecule has 0 saturated heterocycles. The Bertz CT molecular complexity index is 1280. The summed E-state index contributed by atoms with van der Waals surface area (Å²) in [6.07, 6.45) is 2.53. The van der Waals surface area contributed by atoms with Crippen molar-refractivity contribution >= 4 is 35.5 Å². The molecule has 13 heteroatoms. The highest BCUT2D eigenvalue weighted by Crippen LogP contribution is 2.09. The molecule has 244 valence electrons. The fourth-order valence-corrected chi connectivity index (χ4v) is 4.64. The Morgan fingerprint density at radius 1 is 0.644 bits per heavy atom. The first-order valence-corrected chi connectivity index (χ1v) is 15.1. The van der Waals surface area contributed by atoms with Gasteiger partial charge in [0.25, 0.3) is 0 Å². The van der Waals surface area contributed by atoms with E-state index in [-0.39, 0.29) is 31.8 Å². The van der Waals surface area contributed by atoms with E-state index in [1.165, 1.54) is 6.92 Å². The predicted molar refractivity (Wildman–Crippen MR) is 172 cm³/mol. The average Bonchev–Trinajstić information content (AvgIpc) is 3.00. The van der Waals surface area contributed by atoms with Gasteiger partial charge in [0.1, 0.15) is 24.2 Å². The van der Waals surface area contributed by atoms with Crippen molar-refractivity contribution in [2.24, 2.45) is 22.2 Å². The largest absolute Gasteiger partial charge is 0.370 e. The van der Waals surface area contributed by atoms with Gasteiger partial charge in [-0.1, -0.05) is 80.4 Å². The van der Waals surface area contributed by atoms with Crippen LogP contribution < -0.4 is 38.5 Å². The average molecular weight is 623 g/mol. The summed E-state index contributed by atoms with van der Waals surface area (Å²) in [5.41, 5.74) is 18.1. The van der Waals surface area contributed by atoms with E-state index in [2.05, 4.69) is 26.3 Å². The lowest BCUT2D eigenvalue weighted by Crippen LogP contribution is -2.58. The predicted octanol–water partition coefficient (Wildman–Crippen LogP) is 0.160. The Hall–Kier alpha value is -4.94. The molecule has 0 saturated carbocycles. The third kappa shape index (κ3) is 13.9. The number of nitrogens with one attached hydrogen (secondary N) is 4. The van der Waals surface area contributed by atoms with Gasteiger partial charge < -0.3 is 38.5 Å². The van der Waals surface area contributed by atoms with Crippen molar-refractivity contribution in [1.29, 1.82) is 0 Å². The van der Waals surface area contributed by atoms with E-state index in [1.807, 2.05) is 67.6 Å². The number of amides is 5. The van der Waals surface area contributed by atoms with Gasteiger partial charge in [0.15, 0.2) is 5.96 Å². The number of benzene rings is 2. The van der Waals surface area contributed by atoms with Crippen molar-refractivity contribution in [3.8, 4) is 0 Å². The van der Waals surface area contributed by atoms with Gasteiger partial charge >= 0.3 is 0 Å². The maximum absolute atomic E-state index is 13.6. The van der Waals surface area contributed by atoms with Crippen molar-refractivity contribution < 1.29 is 24.0 Å². The minimum Gasteiger partial charge on any atom is -0.370 e. The van der Waals surface area contributed by atoms with Crippen LogP contribution in [-0.4, -0.2) is 66.2 Å². The first kappa shape index (κ1) is 36.3. The van der Waals surface area contributed by atoms with Crippen LogP contribution in [0.5, 0.6) is 0 Å². The maximum Gasteiger partial charge on any atom is 0.243 e. The summed E-state index contributed by atoms with van der Waals surface area (Å²) < 4.78 is 0. The standard InChI is InChI=1S/C32H46N8O5/c1-3-4-16-24(39-31(45)27(37-21(2)41)20-23-14-9-6-10-15-23)29(43)38-25(17-11-18-36-32(34)35)30(44)40-26(28(33)42)19-22-12-7-5-8-13-22/h5-10,12-15,24-27H,3-4,11,16-20H2,1-2H3,(H2,33,42)(H,37,41)(H,38,43)(H,39,45)(H,40,44)(H4,34,35,36)/t24-,25+,26+,27-/m0/s1. The van der Waals surface area contributed by atoms with Crippen LogP contribution in [0.4, 0.5) is 0 Å². The van der Waals surface area contributed by atoms with Crippen LogP contribution in [0.2, 0.25) is 0 Å². The number of hydrogen-bond donors (Lipinski definition) is 7. The van der Waals surface area contributed by atoms with Crippen molar-refractivity contribution in [3.63, 3.8) is 0 Å². The summed E-state index contributed by atoms with van der Waals surface area (Å²) in [6.45, 7) is 3.47. The summed E-state index contributed by atoms with van der Waals surface area (Å²) in [4.78, 5) is 68.5. The first-order chi connectivity index (χ1) is 21.5. The highest BCUT2D eigenvalue weighted by atomic mass is 16.2. The van der Waals surface area contributed by atoms with Gasteiger partial charge in [-0.25, -0.2) is 0 Å². The molecular formula is C32H46N8O5. The van der Waals surface area contributed by atoms with Gasteiger partial charge in [-0.2, -0.15) is 0 Å². The smallest absolute Gasteiger partial charge is 0.243 e. The molecular weight excluding hydrogens is 576 g/mol. The van der Waals surface area contributed by atoms with E-state index in [1.54, 1.807) is 0 Å². The molecule has 45 heavy (non-hydrogen) atoms. The Morgan fingerprint density at radius 2 is 1.09 bits per heavy atom. The second-order valence-corrected chi connectivity index (χ2v) is 10.8. The van der Waals surface area contributed by atoms with Gasteiger partial charge in [0.05, 0.1) is 0 Å². The molecule has 2 rings (SSSR count). The monoisotopic (exact) mass is 622 g/mol. The van der Waals surface area contributed by atoms with E-state index >= 15 is 0 Å². The topological polar surface area (TPSA) is 224 Å². The number of aliphatic imine (C=N–C) groups is 1. The number of carbonyl (C=O) groups excluding carboxylic acids is 5.